The van der Waals surface area contributed by atoms with Crippen molar-refractivity contribution in [1.29, 1.82) is 0 Å². The van der Waals surface area contributed by atoms with Crippen LogP contribution in [0.2, 0.25) is 0 Å². The highest BCUT2D eigenvalue weighted by molar-refractivity contribution is 4.97. The third kappa shape index (κ3) is 2.35. The van der Waals surface area contributed by atoms with Crippen molar-refractivity contribution in [3.05, 3.63) is 12.4 Å². The minimum absolute atomic E-state index is 0.0364. The second-order valence-electron chi connectivity index (χ2n) is 3.31. The van der Waals surface area contributed by atoms with Crippen LogP contribution >= 0.6 is 0 Å². The van der Waals surface area contributed by atoms with Gasteiger partial charge in [0.1, 0.15) is 0 Å². The van der Waals surface area contributed by atoms with Gasteiger partial charge in [-0.15, -0.1) is 0 Å². The summed E-state index contributed by atoms with van der Waals surface area (Å²) in [7, 11) is 0. The maximum atomic E-state index is 13.1. The van der Waals surface area contributed by atoms with Gasteiger partial charge in [-0.1, -0.05) is 0 Å². The van der Waals surface area contributed by atoms with E-state index in [0.29, 0.717) is 6.54 Å². The van der Waals surface area contributed by atoms with Gasteiger partial charge in [-0.25, -0.2) is 4.39 Å². The zero-order valence-electron chi connectivity index (χ0n) is 8.31. The summed E-state index contributed by atoms with van der Waals surface area (Å²) < 4.78 is 74.3. The summed E-state index contributed by atoms with van der Waals surface area (Å²) in [6, 6.07) is -4.58. The first-order valence-corrected chi connectivity index (χ1v) is 4.47. The molecule has 0 N–H and O–H groups in total. The Bertz CT molecular complexity index is 274. The number of rotatable bonds is 3. The molecule has 1 aliphatic rings. The maximum absolute atomic E-state index is 13.1. The zero-order valence-corrected chi connectivity index (χ0v) is 8.31. The van der Waals surface area contributed by atoms with Crippen LogP contribution in [-0.4, -0.2) is 41.4 Å². The highest BCUT2D eigenvalue weighted by Gasteiger charge is 2.60. The first-order valence-electron chi connectivity index (χ1n) is 4.47. The van der Waals surface area contributed by atoms with E-state index in [1.165, 1.54) is 11.1 Å². The van der Waals surface area contributed by atoms with Crippen LogP contribution in [0.4, 0.5) is 26.3 Å². The fourth-order valence-electron chi connectivity index (χ4n) is 1.21. The van der Waals surface area contributed by atoms with Gasteiger partial charge < -0.3 is 4.90 Å². The van der Waals surface area contributed by atoms with Gasteiger partial charge in [0.05, 0.1) is 6.67 Å². The Labute approximate surface area is 88.1 Å². The van der Waals surface area contributed by atoms with Crippen molar-refractivity contribution in [2.75, 3.05) is 13.2 Å². The van der Waals surface area contributed by atoms with Crippen LogP contribution < -0.4 is 0 Å². The molecule has 0 aliphatic carbocycles. The Balaban J connectivity index is 2.76. The Morgan fingerprint density at radius 2 is 1.75 bits per heavy atom. The summed E-state index contributed by atoms with van der Waals surface area (Å²) in [5.74, 6) is 0. The molecule has 8 heteroatoms. The molecule has 0 bridgehead atoms. The van der Waals surface area contributed by atoms with Crippen molar-refractivity contribution >= 4 is 0 Å². The smallest absolute Gasteiger partial charge is 0.359 e. The molecule has 1 atom stereocenters. The average Bonchev–Trinajstić information content (AvgIpc) is 2.63. The number of hydrogen-bond acceptors (Lipinski definition) is 2. The number of nitrogens with zero attached hydrogens (tertiary/aromatic N) is 2. The zero-order chi connectivity index (χ0) is 12.6. The highest BCUT2D eigenvalue weighted by atomic mass is 19.4. The van der Waals surface area contributed by atoms with Crippen LogP contribution in [0.25, 0.3) is 0 Å². The molecule has 16 heavy (non-hydrogen) atoms. The Kier molecular flexibility index (Phi) is 3.30. The normalized spacial score (nSPS) is 19.4. The van der Waals surface area contributed by atoms with E-state index in [4.69, 9.17) is 0 Å². The maximum Gasteiger partial charge on any atom is 0.427 e. The Morgan fingerprint density at radius 1 is 1.19 bits per heavy atom. The molecular formula is C8H10F6N2. The number of halogens is 6. The SMILES string of the molecule is CCN1C=CN(C(F)(F)C(F)C(F)(F)F)C1. The Morgan fingerprint density at radius 3 is 2.12 bits per heavy atom. The molecule has 0 saturated heterocycles. The molecule has 1 heterocycles. The molecule has 2 nitrogen and oxygen atoms in total. The topological polar surface area (TPSA) is 6.48 Å². The molecule has 0 aromatic rings. The predicted molar refractivity (Wildman–Crippen MR) is 44.1 cm³/mol. The Hall–Kier alpha value is -1.08. The van der Waals surface area contributed by atoms with Gasteiger partial charge in [-0.2, -0.15) is 22.0 Å². The van der Waals surface area contributed by atoms with E-state index in [1.54, 1.807) is 6.92 Å². The van der Waals surface area contributed by atoms with Gasteiger partial charge in [0.25, 0.3) is 6.17 Å². The lowest BCUT2D eigenvalue weighted by Crippen LogP contribution is -2.52. The van der Waals surface area contributed by atoms with Gasteiger partial charge in [0.15, 0.2) is 0 Å². The monoisotopic (exact) mass is 248 g/mol. The van der Waals surface area contributed by atoms with E-state index in [9.17, 15) is 26.3 Å². The van der Waals surface area contributed by atoms with Crippen molar-refractivity contribution in [2.45, 2.75) is 25.3 Å². The van der Waals surface area contributed by atoms with Crippen LogP contribution in [-0.2, 0) is 0 Å². The lowest BCUT2D eigenvalue weighted by atomic mass is 10.3. The van der Waals surface area contributed by atoms with E-state index < -0.39 is 25.1 Å². The minimum atomic E-state index is -5.57. The van der Waals surface area contributed by atoms with Crippen LogP contribution in [0.3, 0.4) is 0 Å². The lowest BCUT2D eigenvalue weighted by molar-refractivity contribution is -0.281. The van der Waals surface area contributed by atoms with Crippen molar-refractivity contribution in [3.63, 3.8) is 0 Å². The van der Waals surface area contributed by atoms with E-state index in [0.717, 1.165) is 6.20 Å². The first kappa shape index (κ1) is 13.0. The molecule has 0 aromatic carbocycles. The van der Waals surface area contributed by atoms with E-state index in [2.05, 4.69) is 0 Å². The summed E-state index contributed by atoms with van der Waals surface area (Å²) in [5.41, 5.74) is 0. The molecule has 0 saturated carbocycles. The first-order chi connectivity index (χ1) is 7.19. The minimum Gasteiger partial charge on any atom is -0.359 e. The molecule has 0 amide bonds. The highest BCUT2D eigenvalue weighted by Crippen LogP contribution is 2.38. The summed E-state index contributed by atoms with van der Waals surface area (Å²) in [6.45, 7) is 1.54. The van der Waals surface area contributed by atoms with E-state index in [1.807, 2.05) is 0 Å². The van der Waals surface area contributed by atoms with E-state index in [-0.39, 0.29) is 4.90 Å². The molecule has 0 aromatic heterocycles. The van der Waals surface area contributed by atoms with Crippen LogP contribution in [0.5, 0.6) is 0 Å². The molecule has 0 radical (unpaired) electrons. The molecule has 1 unspecified atom stereocenters. The van der Waals surface area contributed by atoms with Gasteiger partial charge in [-0.3, -0.25) is 4.90 Å². The summed E-state index contributed by atoms with van der Waals surface area (Å²) in [4.78, 5) is 1.37. The number of alkyl halides is 6. The van der Waals surface area contributed by atoms with Crippen molar-refractivity contribution in [3.8, 4) is 0 Å². The predicted octanol–water partition coefficient (Wildman–Crippen LogP) is 2.55. The quantitative estimate of drug-likeness (QED) is 0.559. The molecule has 1 aliphatic heterocycles. The summed E-state index contributed by atoms with van der Waals surface area (Å²) in [5, 5.41) is 0. The van der Waals surface area contributed by atoms with Gasteiger partial charge in [0.2, 0.25) is 0 Å². The van der Waals surface area contributed by atoms with Gasteiger partial charge in [-0.05, 0) is 6.92 Å². The fraction of sp³-hybridized carbons (Fsp3) is 0.750. The molecule has 94 valence electrons. The molecule has 0 fully saturated rings. The van der Waals surface area contributed by atoms with Crippen molar-refractivity contribution in [2.24, 2.45) is 0 Å². The standard InChI is InChI=1S/C8H10F6N2/c1-2-15-3-4-16(5-15)8(13,14)6(9)7(10,11)12/h3-4,6H,2,5H2,1H3. The van der Waals surface area contributed by atoms with Crippen LogP contribution in [0.15, 0.2) is 12.4 Å². The second-order valence-corrected chi connectivity index (χ2v) is 3.31. The summed E-state index contributed by atoms with van der Waals surface area (Å²) in [6.07, 6.45) is -7.82. The molecule has 0 spiro atoms. The third-order valence-electron chi connectivity index (χ3n) is 2.17. The van der Waals surface area contributed by atoms with Crippen LogP contribution in [0, 0.1) is 0 Å². The second kappa shape index (κ2) is 4.06. The fourth-order valence-corrected chi connectivity index (χ4v) is 1.21. The molecular weight excluding hydrogens is 238 g/mol. The average molecular weight is 248 g/mol. The van der Waals surface area contributed by atoms with Crippen molar-refractivity contribution < 1.29 is 26.3 Å². The van der Waals surface area contributed by atoms with Gasteiger partial charge >= 0.3 is 12.2 Å². The summed E-state index contributed by atoms with van der Waals surface area (Å²) >= 11 is 0. The number of hydrogen-bond donors (Lipinski definition) is 0. The molecule has 1 rings (SSSR count). The lowest BCUT2D eigenvalue weighted by Gasteiger charge is -2.31. The van der Waals surface area contributed by atoms with E-state index >= 15 is 0 Å². The van der Waals surface area contributed by atoms with Crippen LogP contribution in [0.1, 0.15) is 6.92 Å². The van der Waals surface area contributed by atoms with Crippen molar-refractivity contribution in [1.82, 2.24) is 9.80 Å². The largest absolute Gasteiger partial charge is 0.427 e. The third-order valence-corrected chi connectivity index (χ3v) is 2.17. The van der Waals surface area contributed by atoms with Gasteiger partial charge in [0, 0.05) is 18.9 Å².